The second-order valence-corrected chi connectivity index (χ2v) is 6.32. The highest BCUT2D eigenvalue weighted by Gasteiger charge is 2.26. The van der Waals surface area contributed by atoms with Crippen LogP contribution in [0.5, 0.6) is 17.2 Å². The molecule has 2 aromatic rings. The summed E-state index contributed by atoms with van der Waals surface area (Å²) < 4.78 is 73.0. The van der Waals surface area contributed by atoms with Crippen molar-refractivity contribution >= 4 is 18.5 Å². The lowest BCUT2D eigenvalue weighted by molar-refractivity contribution is 0.0435. The maximum Gasteiger partial charge on any atom is 0.205 e. The summed E-state index contributed by atoms with van der Waals surface area (Å²) in [6.07, 6.45) is 2.49. The summed E-state index contributed by atoms with van der Waals surface area (Å²) in [5, 5.41) is 0. The first-order valence-electron chi connectivity index (χ1n) is 9.24. The first-order valence-corrected chi connectivity index (χ1v) is 9.24. The van der Waals surface area contributed by atoms with Crippen molar-refractivity contribution in [2.75, 3.05) is 39.5 Å². The second-order valence-electron chi connectivity index (χ2n) is 6.32. The average Bonchev–Trinajstić information content (AvgIpc) is 2.74. The van der Waals surface area contributed by atoms with Crippen LogP contribution < -0.4 is 9.47 Å². The number of nitrogens with zero attached hydrogens (tertiary/aromatic N) is 1. The molecule has 0 atom stereocenters. The fourth-order valence-corrected chi connectivity index (χ4v) is 2.86. The Kier molecular flexibility index (Phi) is 8.95. The van der Waals surface area contributed by atoms with Crippen molar-refractivity contribution in [2.45, 2.75) is 6.92 Å². The molecule has 0 saturated carbocycles. The van der Waals surface area contributed by atoms with E-state index in [4.69, 9.17) is 14.2 Å². The van der Waals surface area contributed by atoms with Gasteiger partial charge in [0.2, 0.25) is 17.4 Å². The Labute approximate surface area is 178 Å². The minimum atomic E-state index is -1.59. The van der Waals surface area contributed by atoms with E-state index in [2.05, 4.69) is 0 Å². The van der Waals surface area contributed by atoms with Gasteiger partial charge in [-0.3, -0.25) is 4.90 Å². The first kappa shape index (κ1) is 24.0. The van der Waals surface area contributed by atoms with Gasteiger partial charge in [0.25, 0.3) is 0 Å². The molecule has 0 amide bonds. The monoisotopic (exact) mass is 447 g/mol. The molecule has 0 N–H and O–H groups in total. The van der Waals surface area contributed by atoms with Gasteiger partial charge in [-0.25, -0.2) is 8.78 Å². The minimum Gasteiger partial charge on any atom is -0.494 e. The molecule has 1 saturated heterocycles. The zero-order valence-electron chi connectivity index (χ0n) is 16.3. The van der Waals surface area contributed by atoms with Crippen LogP contribution >= 0.6 is 12.4 Å². The molecule has 1 fully saturated rings. The summed E-state index contributed by atoms with van der Waals surface area (Å²) in [7, 11) is 0. The predicted octanol–water partition coefficient (Wildman–Crippen LogP) is 5.20. The highest BCUT2D eigenvalue weighted by molar-refractivity contribution is 5.85. The zero-order valence-corrected chi connectivity index (χ0v) is 17.1. The van der Waals surface area contributed by atoms with Crippen molar-refractivity contribution in [3.8, 4) is 17.2 Å². The van der Waals surface area contributed by atoms with Crippen LogP contribution in [-0.2, 0) is 4.74 Å². The molecule has 0 bridgehead atoms. The van der Waals surface area contributed by atoms with Crippen LogP contribution in [-0.4, -0.2) is 44.4 Å². The Bertz CT molecular complexity index is 843. The topological polar surface area (TPSA) is 30.9 Å². The number of ether oxygens (including phenoxy) is 3. The third kappa shape index (κ3) is 5.65. The van der Waals surface area contributed by atoms with Crippen molar-refractivity contribution in [3.63, 3.8) is 0 Å². The third-order valence-electron chi connectivity index (χ3n) is 4.36. The molecule has 164 valence electrons. The number of hydrogen-bond acceptors (Lipinski definition) is 4. The fraction of sp³-hybridized carbons (Fsp3) is 0.333. The quantitative estimate of drug-likeness (QED) is 0.431. The van der Waals surface area contributed by atoms with E-state index in [1.807, 2.05) is 4.90 Å². The van der Waals surface area contributed by atoms with Crippen molar-refractivity contribution in [1.29, 1.82) is 0 Å². The predicted molar refractivity (Wildman–Crippen MR) is 108 cm³/mol. The van der Waals surface area contributed by atoms with Gasteiger partial charge < -0.3 is 14.2 Å². The molecule has 0 spiro atoms. The van der Waals surface area contributed by atoms with Gasteiger partial charge in [-0.05, 0) is 31.2 Å². The molecule has 0 aliphatic carbocycles. The van der Waals surface area contributed by atoms with Crippen LogP contribution in [0.4, 0.5) is 17.6 Å². The van der Waals surface area contributed by atoms with E-state index in [9.17, 15) is 17.6 Å². The summed E-state index contributed by atoms with van der Waals surface area (Å²) in [4.78, 5) is 1.99. The van der Waals surface area contributed by atoms with Crippen molar-refractivity contribution in [1.82, 2.24) is 4.90 Å². The molecule has 4 nitrogen and oxygen atoms in total. The Morgan fingerprint density at radius 1 is 0.933 bits per heavy atom. The molecular weight excluding hydrogens is 426 g/mol. The second kappa shape index (κ2) is 11.2. The van der Waals surface area contributed by atoms with Crippen LogP contribution in [0.15, 0.2) is 30.3 Å². The van der Waals surface area contributed by atoms with E-state index in [1.165, 1.54) is 30.3 Å². The normalized spacial score (nSPS) is 14.6. The maximum absolute atomic E-state index is 14.4. The van der Waals surface area contributed by atoms with Crippen molar-refractivity contribution in [3.05, 3.63) is 59.2 Å². The van der Waals surface area contributed by atoms with E-state index in [-0.39, 0.29) is 18.2 Å². The number of morpholine rings is 1. The zero-order chi connectivity index (χ0) is 20.8. The summed E-state index contributed by atoms with van der Waals surface area (Å²) in [6, 6.07) is 5.81. The van der Waals surface area contributed by atoms with Gasteiger partial charge >= 0.3 is 0 Å². The van der Waals surface area contributed by atoms with Gasteiger partial charge in [0.15, 0.2) is 11.6 Å². The standard InChI is InChI=1S/C21H21F4NO3.ClH/c1-2-28-14-5-7-15(8-6-14)29-21-19(24)17(22)16(18(23)20(21)25)4-3-9-26-10-12-27-13-11-26;/h3-8H,2,9-13H2,1H3;1H/b4-3+;. The fourth-order valence-electron chi connectivity index (χ4n) is 2.86. The first-order chi connectivity index (χ1) is 14.0. The van der Waals surface area contributed by atoms with Crippen LogP contribution in [0.2, 0.25) is 0 Å². The molecule has 1 aliphatic heterocycles. The number of hydrogen-bond donors (Lipinski definition) is 0. The summed E-state index contributed by atoms with van der Waals surface area (Å²) in [6.45, 7) is 5.11. The molecule has 0 aromatic heterocycles. The summed E-state index contributed by atoms with van der Waals surface area (Å²) in [5.41, 5.74) is -0.785. The van der Waals surface area contributed by atoms with Crippen molar-refractivity contribution < 1.29 is 31.8 Å². The van der Waals surface area contributed by atoms with Gasteiger partial charge in [-0.15, -0.1) is 12.4 Å². The largest absolute Gasteiger partial charge is 0.494 e. The van der Waals surface area contributed by atoms with Gasteiger partial charge in [0.1, 0.15) is 11.5 Å². The van der Waals surface area contributed by atoms with E-state index in [0.29, 0.717) is 45.2 Å². The highest BCUT2D eigenvalue weighted by atomic mass is 35.5. The van der Waals surface area contributed by atoms with Gasteiger partial charge in [0, 0.05) is 19.6 Å². The SMILES string of the molecule is CCOc1ccc(Oc2c(F)c(F)c(/C=C/CN3CCOCC3)c(F)c2F)cc1.Cl. The number of benzene rings is 2. The number of halogens is 5. The number of rotatable bonds is 7. The van der Waals surface area contributed by atoms with Crippen LogP contribution in [0, 0.1) is 23.3 Å². The molecule has 3 rings (SSSR count). The Morgan fingerprint density at radius 3 is 2.07 bits per heavy atom. The summed E-state index contributed by atoms with van der Waals surface area (Å²) >= 11 is 0. The Morgan fingerprint density at radius 2 is 1.50 bits per heavy atom. The Balaban J connectivity index is 0.00000320. The molecule has 30 heavy (non-hydrogen) atoms. The lowest BCUT2D eigenvalue weighted by atomic mass is 10.1. The molecule has 0 unspecified atom stereocenters. The minimum absolute atomic E-state index is 0. The molecule has 0 radical (unpaired) electrons. The molecule has 2 aromatic carbocycles. The van der Waals surface area contributed by atoms with Crippen LogP contribution in [0.3, 0.4) is 0 Å². The van der Waals surface area contributed by atoms with Gasteiger partial charge in [-0.2, -0.15) is 8.78 Å². The Hall–Kier alpha value is -2.29. The smallest absolute Gasteiger partial charge is 0.205 e. The van der Waals surface area contributed by atoms with Gasteiger partial charge in [-0.1, -0.05) is 12.2 Å². The lowest BCUT2D eigenvalue weighted by Gasteiger charge is -2.25. The van der Waals surface area contributed by atoms with Crippen LogP contribution in [0.25, 0.3) is 6.08 Å². The molecule has 1 heterocycles. The van der Waals surface area contributed by atoms with Gasteiger partial charge in [0.05, 0.1) is 25.4 Å². The average molecular weight is 448 g/mol. The van der Waals surface area contributed by atoms with Crippen LogP contribution in [0.1, 0.15) is 12.5 Å². The van der Waals surface area contributed by atoms with E-state index in [1.54, 1.807) is 6.92 Å². The molecular formula is C21H22ClF4NO3. The highest BCUT2D eigenvalue weighted by Crippen LogP contribution is 2.34. The van der Waals surface area contributed by atoms with E-state index in [0.717, 1.165) is 6.08 Å². The molecule has 9 heteroatoms. The summed E-state index contributed by atoms with van der Waals surface area (Å²) in [5.74, 6) is -6.80. The third-order valence-corrected chi connectivity index (χ3v) is 4.36. The molecule has 1 aliphatic rings. The maximum atomic E-state index is 14.4. The van der Waals surface area contributed by atoms with E-state index >= 15 is 0 Å². The van der Waals surface area contributed by atoms with Crippen molar-refractivity contribution in [2.24, 2.45) is 0 Å². The lowest BCUT2D eigenvalue weighted by Crippen LogP contribution is -2.36. The van der Waals surface area contributed by atoms with E-state index < -0.39 is 34.6 Å².